The molecule has 52 valence electrons. The van der Waals surface area contributed by atoms with Gasteiger partial charge in [0.05, 0.1) is 0 Å². The predicted molar refractivity (Wildman–Crippen MR) is 35.6 cm³/mol. The van der Waals surface area contributed by atoms with Crippen LogP contribution in [0, 0.1) is 11.3 Å². The summed E-state index contributed by atoms with van der Waals surface area (Å²) < 4.78 is 0. The quantitative estimate of drug-likeness (QED) is 0.224. The van der Waals surface area contributed by atoms with E-state index in [0.717, 1.165) is 6.08 Å². The summed E-state index contributed by atoms with van der Waals surface area (Å²) >= 11 is 0. The average molecular weight is 138 g/mol. The van der Waals surface area contributed by atoms with Crippen LogP contribution in [-0.4, -0.2) is 11.7 Å². The molecule has 0 rings (SSSR count). The van der Waals surface area contributed by atoms with E-state index in [2.05, 4.69) is 11.7 Å². The number of rotatable bonds is 2. The normalized spacial score (nSPS) is 9.70. The number of nitrogens with zero attached hydrogens (tertiary/aromatic N) is 2. The van der Waals surface area contributed by atoms with E-state index in [0.29, 0.717) is 0 Å². The van der Waals surface area contributed by atoms with Gasteiger partial charge in [0.15, 0.2) is 0 Å². The average Bonchev–Trinajstić information content (AvgIpc) is 1.99. The molecule has 0 bridgehead atoms. The highest BCUT2D eigenvalue weighted by molar-refractivity contribution is 5.96. The number of hydrogen-bond acceptors (Lipinski definition) is 3. The first kappa shape index (κ1) is 8.17. The van der Waals surface area contributed by atoms with Gasteiger partial charge in [-0.25, -0.2) is 5.43 Å². The van der Waals surface area contributed by atoms with Crippen molar-refractivity contribution in [2.75, 3.05) is 0 Å². The first-order valence-corrected chi connectivity index (χ1v) is 2.36. The summed E-state index contributed by atoms with van der Waals surface area (Å²) in [7, 11) is 0. The number of hydrogen-bond donors (Lipinski definition) is 2. The molecule has 3 N–H and O–H groups in total. The number of nitrogens with one attached hydrogen (secondary N) is 1. The van der Waals surface area contributed by atoms with Gasteiger partial charge in [-0.05, 0) is 6.08 Å². The van der Waals surface area contributed by atoms with E-state index >= 15 is 0 Å². The van der Waals surface area contributed by atoms with Gasteiger partial charge in [0.25, 0.3) is 5.91 Å². The molecule has 0 unspecified atom stereocenters. The van der Waals surface area contributed by atoms with Gasteiger partial charge in [-0.1, -0.05) is 6.58 Å². The zero-order valence-electron chi connectivity index (χ0n) is 5.16. The summed E-state index contributed by atoms with van der Waals surface area (Å²) in [5, 5.41) is 11.2. The van der Waals surface area contributed by atoms with Gasteiger partial charge in [-0.3, -0.25) is 4.79 Å². The Morgan fingerprint density at radius 2 is 2.50 bits per heavy atom. The fourth-order valence-electron chi connectivity index (χ4n) is 0.186. The van der Waals surface area contributed by atoms with Crippen LogP contribution in [0.15, 0.2) is 17.8 Å². The van der Waals surface area contributed by atoms with Crippen LogP contribution in [0.5, 0.6) is 0 Å². The van der Waals surface area contributed by atoms with Crippen molar-refractivity contribution >= 4 is 11.7 Å². The largest absolute Gasteiger partial charge is 0.373 e. The van der Waals surface area contributed by atoms with Crippen molar-refractivity contribution in [1.29, 1.82) is 5.26 Å². The van der Waals surface area contributed by atoms with Crippen molar-refractivity contribution in [3.05, 3.63) is 12.7 Å². The lowest BCUT2D eigenvalue weighted by Gasteiger charge is -1.89. The molecular formula is C5H6N4O. The second kappa shape index (κ2) is 4.09. The molecule has 0 spiro atoms. The number of carbonyl (C=O) groups excluding carboxylic acids is 1. The molecule has 0 fully saturated rings. The molecule has 10 heavy (non-hydrogen) atoms. The van der Waals surface area contributed by atoms with Crippen molar-refractivity contribution in [1.82, 2.24) is 5.43 Å². The summed E-state index contributed by atoms with van der Waals surface area (Å²) in [4.78, 5) is 10.3. The maximum atomic E-state index is 10.3. The minimum Gasteiger partial charge on any atom is -0.373 e. The lowest BCUT2D eigenvalue weighted by Crippen LogP contribution is -2.20. The number of nitriles is 1. The monoisotopic (exact) mass is 138 g/mol. The van der Waals surface area contributed by atoms with Crippen LogP contribution in [0.1, 0.15) is 0 Å². The van der Waals surface area contributed by atoms with Crippen molar-refractivity contribution in [3.63, 3.8) is 0 Å². The molecule has 0 radical (unpaired) electrons. The topological polar surface area (TPSA) is 91.3 Å². The molecule has 0 aliphatic heterocycles. The zero-order valence-corrected chi connectivity index (χ0v) is 5.16. The molecule has 5 nitrogen and oxygen atoms in total. The Balaban J connectivity index is 3.86. The van der Waals surface area contributed by atoms with Crippen molar-refractivity contribution < 1.29 is 4.79 Å². The lowest BCUT2D eigenvalue weighted by atomic mass is 10.6. The fraction of sp³-hybridized carbons (Fsp3) is 0. The highest BCUT2D eigenvalue weighted by atomic mass is 16.2. The van der Waals surface area contributed by atoms with Crippen molar-refractivity contribution in [2.45, 2.75) is 0 Å². The summed E-state index contributed by atoms with van der Waals surface area (Å²) in [6, 6.07) is 1.52. The molecular weight excluding hydrogens is 132 g/mol. The SMILES string of the molecule is C=CC(=O)N/N=C(\N)C#N. The molecule has 0 saturated heterocycles. The minimum absolute atomic E-state index is 0.296. The molecule has 1 amide bonds. The third-order valence-corrected chi connectivity index (χ3v) is 0.586. The Labute approximate surface area is 57.8 Å². The van der Waals surface area contributed by atoms with Gasteiger partial charge in [-0.15, -0.1) is 5.10 Å². The van der Waals surface area contributed by atoms with Crippen LogP contribution in [0.2, 0.25) is 0 Å². The first-order chi connectivity index (χ1) is 4.70. The number of amides is 1. The first-order valence-electron chi connectivity index (χ1n) is 2.36. The second-order valence-corrected chi connectivity index (χ2v) is 1.29. The number of amidine groups is 1. The van der Waals surface area contributed by atoms with E-state index in [1.54, 1.807) is 0 Å². The summed E-state index contributed by atoms with van der Waals surface area (Å²) in [6.07, 6.45) is 1.02. The molecule has 0 aliphatic rings. The van der Waals surface area contributed by atoms with Gasteiger partial charge in [0.2, 0.25) is 5.84 Å². The summed E-state index contributed by atoms with van der Waals surface area (Å²) in [5.74, 6) is -0.798. The van der Waals surface area contributed by atoms with Crippen LogP contribution >= 0.6 is 0 Å². The Kier molecular flexibility index (Phi) is 3.34. The Bertz CT molecular complexity index is 212. The molecule has 0 saturated carbocycles. The van der Waals surface area contributed by atoms with Gasteiger partial charge in [0.1, 0.15) is 6.07 Å². The van der Waals surface area contributed by atoms with Crippen molar-refractivity contribution in [2.24, 2.45) is 10.8 Å². The van der Waals surface area contributed by atoms with E-state index < -0.39 is 5.91 Å². The van der Waals surface area contributed by atoms with Crippen LogP contribution in [0.25, 0.3) is 0 Å². The lowest BCUT2D eigenvalue weighted by molar-refractivity contribution is -0.116. The van der Waals surface area contributed by atoms with Gasteiger partial charge in [0, 0.05) is 0 Å². The summed E-state index contributed by atoms with van der Waals surface area (Å²) in [6.45, 7) is 3.16. The van der Waals surface area contributed by atoms with Crippen LogP contribution in [-0.2, 0) is 4.79 Å². The third-order valence-electron chi connectivity index (χ3n) is 0.586. The van der Waals surface area contributed by atoms with Crippen molar-refractivity contribution in [3.8, 4) is 6.07 Å². The van der Waals surface area contributed by atoms with E-state index in [1.165, 1.54) is 6.07 Å². The smallest absolute Gasteiger partial charge is 0.263 e. The van der Waals surface area contributed by atoms with E-state index in [1.807, 2.05) is 5.43 Å². The predicted octanol–water partition coefficient (Wildman–Crippen LogP) is -0.916. The van der Waals surface area contributed by atoms with Gasteiger partial charge >= 0.3 is 0 Å². The maximum absolute atomic E-state index is 10.3. The molecule has 0 atom stereocenters. The van der Waals surface area contributed by atoms with E-state index in [4.69, 9.17) is 11.0 Å². The Morgan fingerprint density at radius 1 is 1.90 bits per heavy atom. The third kappa shape index (κ3) is 3.21. The van der Waals surface area contributed by atoms with Crippen LogP contribution < -0.4 is 11.2 Å². The Hall–Kier alpha value is -1.83. The zero-order chi connectivity index (χ0) is 7.98. The highest BCUT2D eigenvalue weighted by Crippen LogP contribution is 1.66. The standard InChI is InChI=1S/C5H6N4O/c1-2-5(10)9-8-4(7)3-6/h2H,1H2,(H2,7,8)(H,9,10). The van der Waals surface area contributed by atoms with E-state index in [-0.39, 0.29) is 5.84 Å². The van der Waals surface area contributed by atoms with Gasteiger partial charge in [-0.2, -0.15) is 5.26 Å². The number of hydrazone groups is 1. The minimum atomic E-state index is -0.502. The molecule has 0 aliphatic carbocycles. The molecule has 0 aromatic heterocycles. The van der Waals surface area contributed by atoms with E-state index in [9.17, 15) is 4.79 Å². The Morgan fingerprint density at radius 3 is 2.90 bits per heavy atom. The second-order valence-electron chi connectivity index (χ2n) is 1.29. The molecule has 0 heterocycles. The fourth-order valence-corrected chi connectivity index (χ4v) is 0.186. The number of carbonyl (C=O) groups is 1. The van der Waals surface area contributed by atoms with Crippen LogP contribution in [0.3, 0.4) is 0 Å². The summed E-state index contributed by atoms with van der Waals surface area (Å²) in [5.41, 5.74) is 6.88. The van der Waals surface area contributed by atoms with Gasteiger partial charge < -0.3 is 5.73 Å². The van der Waals surface area contributed by atoms with Crippen LogP contribution in [0.4, 0.5) is 0 Å². The maximum Gasteiger partial charge on any atom is 0.263 e. The molecule has 0 aromatic rings. The number of nitrogens with two attached hydrogens (primary N) is 1. The molecule has 0 aromatic carbocycles. The highest BCUT2D eigenvalue weighted by Gasteiger charge is 1.89. The molecule has 5 heteroatoms.